The summed E-state index contributed by atoms with van der Waals surface area (Å²) in [6.07, 6.45) is 2.66. The predicted octanol–water partition coefficient (Wildman–Crippen LogP) is 2.67. The number of nitrogens with one attached hydrogen (secondary N) is 1. The van der Waals surface area contributed by atoms with Crippen LogP contribution in [0.15, 0.2) is 0 Å². The average Bonchev–Trinajstić information content (AvgIpc) is 1.87. The van der Waals surface area contributed by atoms with Crippen molar-refractivity contribution in [2.24, 2.45) is 11.8 Å². The summed E-state index contributed by atoms with van der Waals surface area (Å²) in [4.78, 5) is 0. The Morgan fingerprint density at radius 3 is 2.18 bits per heavy atom. The van der Waals surface area contributed by atoms with Crippen LogP contribution < -0.4 is 5.32 Å². The molecule has 0 aliphatic carbocycles. The molecule has 0 spiro atoms. The standard InChI is InChI=1S/C10H23N/c1-5-6-10(4)8-11-7-9(2)3/h9-11H,5-8H2,1-4H3. The van der Waals surface area contributed by atoms with Crippen LogP contribution in [0, 0.1) is 11.8 Å². The minimum absolute atomic E-state index is 0.781. The molecule has 0 aromatic rings. The van der Waals surface area contributed by atoms with Crippen LogP contribution in [0.25, 0.3) is 0 Å². The summed E-state index contributed by atoms with van der Waals surface area (Å²) < 4.78 is 0. The van der Waals surface area contributed by atoms with Gasteiger partial charge in [0.15, 0.2) is 0 Å². The van der Waals surface area contributed by atoms with Gasteiger partial charge in [0.2, 0.25) is 0 Å². The van der Waals surface area contributed by atoms with Gasteiger partial charge in [-0.2, -0.15) is 0 Å². The molecule has 11 heavy (non-hydrogen) atoms. The van der Waals surface area contributed by atoms with E-state index in [1.807, 2.05) is 0 Å². The third-order valence-corrected chi connectivity index (χ3v) is 1.83. The normalized spacial score (nSPS) is 13.9. The van der Waals surface area contributed by atoms with Crippen molar-refractivity contribution in [3.63, 3.8) is 0 Å². The maximum Gasteiger partial charge on any atom is -0.00230 e. The summed E-state index contributed by atoms with van der Waals surface area (Å²) in [6, 6.07) is 0. The van der Waals surface area contributed by atoms with Crippen LogP contribution in [0.2, 0.25) is 0 Å². The Bertz CT molecular complexity index is 78.9. The van der Waals surface area contributed by atoms with E-state index in [1.54, 1.807) is 0 Å². The molecule has 0 saturated carbocycles. The molecule has 0 rings (SSSR count). The van der Waals surface area contributed by atoms with Gasteiger partial charge in [-0.25, -0.2) is 0 Å². The second kappa shape index (κ2) is 6.66. The zero-order chi connectivity index (χ0) is 8.69. The lowest BCUT2D eigenvalue weighted by Crippen LogP contribution is -2.25. The van der Waals surface area contributed by atoms with E-state index >= 15 is 0 Å². The Balaban J connectivity index is 3.10. The zero-order valence-corrected chi connectivity index (χ0v) is 8.48. The second-order valence-electron chi connectivity index (χ2n) is 3.95. The summed E-state index contributed by atoms with van der Waals surface area (Å²) in [5, 5.41) is 3.47. The lowest BCUT2D eigenvalue weighted by atomic mass is 10.1. The summed E-state index contributed by atoms with van der Waals surface area (Å²) in [5.74, 6) is 1.63. The van der Waals surface area contributed by atoms with E-state index < -0.39 is 0 Å². The minimum Gasteiger partial charge on any atom is -0.316 e. The van der Waals surface area contributed by atoms with Crippen LogP contribution in [-0.4, -0.2) is 13.1 Å². The molecule has 1 nitrogen and oxygen atoms in total. The monoisotopic (exact) mass is 157 g/mol. The fourth-order valence-electron chi connectivity index (χ4n) is 1.21. The summed E-state index contributed by atoms with van der Waals surface area (Å²) in [7, 11) is 0. The fraction of sp³-hybridized carbons (Fsp3) is 1.00. The second-order valence-corrected chi connectivity index (χ2v) is 3.95. The molecule has 0 saturated heterocycles. The van der Waals surface area contributed by atoms with E-state index in [0.29, 0.717) is 0 Å². The molecule has 0 fully saturated rings. The summed E-state index contributed by atoms with van der Waals surface area (Å²) in [6.45, 7) is 11.4. The first-order valence-electron chi connectivity index (χ1n) is 4.87. The van der Waals surface area contributed by atoms with Gasteiger partial charge in [0.05, 0.1) is 0 Å². The molecule has 1 unspecified atom stereocenters. The number of hydrogen-bond acceptors (Lipinski definition) is 1. The van der Waals surface area contributed by atoms with Crippen LogP contribution in [0.1, 0.15) is 40.5 Å². The van der Waals surface area contributed by atoms with E-state index in [-0.39, 0.29) is 0 Å². The Kier molecular flexibility index (Phi) is 6.63. The van der Waals surface area contributed by atoms with Crippen LogP contribution in [0.4, 0.5) is 0 Å². The highest BCUT2D eigenvalue weighted by Gasteiger charge is 1.99. The van der Waals surface area contributed by atoms with E-state index in [2.05, 4.69) is 33.0 Å². The molecule has 0 aliphatic rings. The highest BCUT2D eigenvalue weighted by Crippen LogP contribution is 2.02. The van der Waals surface area contributed by atoms with Crippen molar-refractivity contribution in [2.75, 3.05) is 13.1 Å². The largest absolute Gasteiger partial charge is 0.316 e. The van der Waals surface area contributed by atoms with Crippen LogP contribution in [0.5, 0.6) is 0 Å². The molecule has 0 amide bonds. The van der Waals surface area contributed by atoms with Crippen LogP contribution in [-0.2, 0) is 0 Å². The molecule has 0 aromatic carbocycles. The number of rotatable bonds is 6. The van der Waals surface area contributed by atoms with Gasteiger partial charge in [-0.05, 0) is 31.3 Å². The molecule has 0 radical (unpaired) electrons. The Hall–Kier alpha value is -0.0400. The lowest BCUT2D eigenvalue weighted by molar-refractivity contribution is 0.450. The van der Waals surface area contributed by atoms with Gasteiger partial charge in [0, 0.05) is 0 Å². The quantitative estimate of drug-likeness (QED) is 0.625. The van der Waals surface area contributed by atoms with Crippen molar-refractivity contribution >= 4 is 0 Å². The SMILES string of the molecule is CCCC(C)CNCC(C)C. The van der Waals surface area contributed by atoms with E-state index in [4.69, 9.17) is 0 Å². The Morgan fingerprint density at radius 2 is 1.73 bits per heavy atom. The lowest BCUT2D eigenvalue weighted by Gasteiger charge is -2.12. The number of hydrogen-bond donors (Lipinski definition) is 1. The molecule has 1 heteroatoms. The highest BCUT2D eigenvalue weighted by molar-refractivity contribution is 4.57. The fourth-order valence-corrected chi connectivity index (χ4v) is 1.21. The topological polar surface area (TPSA) is 12.0 Å². The van der Waals surface area contributed by atoms with Gasteiger partial charge in [0.25, 0.3) is 0 Å². The van der Waals surface area contributed by atoms with Crippen molar-refractivity contribution in [1.82, 2.24) is 5.32 Å². The first kappa shape index (κ1) is 11.0. The van der Waals surface area contributed by atoms with E-state index in [9.17, 15) is 0 Å². The highest BCUT2D eigenvalue weighted by atomic mass is 14.9. The molecule has 0 aliphatic heterocycles. The maximum absolute atomic E-state index is 3.47. The molecule has 0 bridgehead atoms. The first-order valence-corrected chi connectivity index (χ1v) is 4.87. The Labute approximate surface area is 71.6 Å². The smallest absolute Gasteiger partial charge is 0.00230 e. The molecule has 1 N–H and O–H groups in total. The first-order chi connectivity index (χ1) is 5.16. The van der Waals surface area contributed by atoms with E-state index in [1.165, 1.54) is 19.4 Å². The molecule has 0 heterocycles. The van der Waals surface area contributed by atoms with E-state index in [0.717, 1.165) is 18.4 Å². The Morgan fingerprint density at radius 1 is 1.09 bits per heavy atom. The van der Waals surface area contributed by atoms with Gasteiger partial charge < -0.3 is 5.32 Å². The van der Waals surface area contributed by atoms with Crippen molar-refractivity contribution in [2.45, 2.75) is 40.5 Å². The third-order valence-electron chi connectivity index (χ3n) is 1.83. The molecule has 68 valence electrons. The van der Waals surface area contributed by atoms with Crippen molar-refractivity contribution < 1.29 is 0 Å². The van der Waals surface area contributed by atoms with Gasteiger partial charge in [-0.3, -0.25) is 0 Å². The van der Waals surface area contributed by atoms with Crippen molar-refractivity contribution in [3.05, 3.63) is 0 Å². The van der Waals surface area contributed by atoms with Gasteiger partial charge in [-0.1, -0.05) is 34.1 Å². The third kappa shape index (κ3) is 7.86. The van der Waals surface area contributed by atoms with Gasteiger partial charge in [0.1, 0.15) is 0 Å². The predicted molar refractivity (Wildman–Crippen MR) is 51.8 cm³/mol. The van der Waals surface area contributed by atoms with Crippen LogP contribution >= 0.6 is 0 Å². The molecule has 0 aromatic heterocycles. The maximum atomic E-state index is 3.47. The van der Waals surface area contributed by atoms with Gasteiger partial charge in [-0.15, -0.1) is 0 Å². The van der Waals surface area contributed by atoms with Crippen molar-refractivity contribution in [3.8, 4) is 0 Å². The summed E-state index contributed by atoms with van der Waals surface area (Å²) >= 11 is 0. The average molecular weight is 157 g/mol. The molecule has 1 atom stereocenters. The van der Waals surface area contributed by atoms with Crippen LogP contribution in [0.3, 0.4) is 0 Å². The summed E-state index contributed by atoms with van der Waals surface area (Å²) in [5.41, 5.74) is 0. The van der Waals surface area contributed by atoms with Gasteiger partial charge >= 0.3 is 0 Å². The zero-order valence-electron chi connectivity index (χ0n) is 8.48. The van der Waals surface area contributed by atoms with Crippen molar-refractivity contribution in [1.29, 1.82) is 0 Å². The minimum atomic E-state index is 0.781. The molecular weight excluding hydrogens is 134 g/mol. The molecular formula is C10H23N.